The van der Waals surface area contributed by atoms with Crippen molar-refractivity contribution in [3.8, 4) is 5.75 Å². The highest BCUT2D eigenvalue weighted by Gasteiger charge is 2.14. The van der Waals surface area contributed by atoms with Crippen LogP contribution in [0, 0.1) is 5.92 Å². The number of aromatic nitrogens is 1. The predicted molar refractivity (Wildman–Crippen MR) is 50.0 cm³/mol. The molecule has 0 aromatic carbocycles. The molecule has 0 bridgehead atoms. The Morgan fingerprint density at radius 2 is 2.23 bits per heavy atom. The maximum absolute atomic E-state index is 11.6. The first-order chi connectivity index (χ1) is 6.16. The number of Topliss-reactive ketones (excluding diaryl/α,β-unsaturated/α-hetero) is 1. The number of hydrogen-bond acceptors (Lipinski definition) is 3. The highest BCUT2D eigenvalue weighted by atomic mass is 16.5. The number of carbonyl (C=O) groups excluding carboxylic acids is 1. The Bertz CT molecular complexity index is 308. The van der Waals surface area contributed by atoms with E-state index >= 15 is 0 Å². The second-order valence-electron chi connectivity index (χ2n) is 3.09. The molecule has 0 atom stereocenters. The van der Waals surface area contributed by atoms with Gasteiger partial charge in [-0.3, -0.25) is 9.78 Å². The van der Waals surface area contributed by atoms with Gasteiger partial charge in [-0.2, -0.15) is 0 Å². The summed E-state index contributed by atoms with van der Waals surface area (Å²) in [6, 6.07) is 1.69. The van der Waals surface area contributed by atoms with Crippen molar-refractivity contribution in [3.63, 3.8) is 0 Å². The van der Waals surface area contributed by atoms with E-state index in [0.29, 0.717) is 11.3 Å². The molecule has 0 fully saturated rings. The van der Waals surface area contributed by atoms with Crippen LogP contribution in [0.3, 0.4) is 0 Å². The van der Waals surface area contributed by atoms with E-state index in [4.69, 9.17) is 4.74 Å². The monoisotopic (exact) mass is 179 g/mol. The lowest BCUT2D eigenvalue weighted by Gasteiger charge is -2.07. The molecule has 0 unspecified atom stereocenters. The summed E-state index contributed by atoms with van der Waals surface area (Å²) in [6.45, 7) is 3.71. The summed E-state index contributed by atoms with van der Waals surface area (Å²) in [5.41, 5.74) is 0.556. The fourth-order valence-corrected chi connectivity index (χ4v) is 1.06. The molecule has 0 radical (unpaired) electrons. The Balaban J connectivity index is 3.06. The van der Waals surface area contributed by atoms with E-state index in [1.165, 1.54) is 0 Å². The lowest BCUT2D eigenvalue weighted by Crippen LogP contribution is -2.09. The molecule has 13 heavy (non-hydrogen) atoms. The molecule has 0 aliphatic carbocycles. The van der Waals surface area contributed by atoms with Crippen LogP contribution in [-0.4, -0.2) is 17.9 Å². The first-order valence-corrected chi connectivity index (χ1v) is 4.19. The number of carbonyl (C=O) groups is 1. The molecule has 0 aliphatic rings. The molecule has 1 aromatic heterocycles. The Kier molecular flexibility index (Phi) is 3.01. The van der Waals surface area contributed by atoms with Crippen molar-refractivity contribution in [1.29, 1.82) is 0 Å². The van der Waals surface area contributed by atoms with Crippen molar-refractivity contribution in [1.82, 2.24) is 4.98 Å². The van der Waals surface area contributed by atoms with E-state index in [9.17, 15) is 4.79 Å². The van der Waals surface area contributed by atoms with Gasteiger partial charge in [0.05, 0.1) is 12.7 Å². The summed E-state index contributed by atoms with van der Waals surface area (Å²) < 4.78 is 5.06. The zero-order valence-corrected chi connectivity index (χ0v) is 8.07. The quantitative estimate of drug-likeness (QED) is 0.665. The molecule has 1 aromatic rings. The fraction of sp³-hybridized carbons (Fsp3) is 0.400. The Labute approximate surface area is 77.8 Å². The van der Waals surface area contributed by atoms with Gasteiger partial charge in [0.15, 0.2) is 5.78 Å². The second kappa shape index (κ2) is 4.03. The Hall–Kier alpha value is -1.38. The Morgan fingerprint density at radius 3 is 2.77 bits per heavy atom. The molecule has 0 amide bonds. The zero-order valence-electron chi connectivity index (χ0n) is 8.07. The zero-order chi connectivity index (χ0) is 9.84. The highest BCUT2D eigenvalue weighted by molar-refractivity contribution is 5.99. The SMILES string of the molecule is COc1ccncc1C(=O)C(C)C. The van der Waals surface area contributed by atoms with Crippen LogP contribution < -0.4 is 4.74 Å². The van der Waals surface area contributed by atoms with Crippen LogP contribution in [0.5, 0.6) is 5.75 Å². The van der Waals surface area contributed by atoms with Gasteiger partial charge in [0.25, 0.3) is 0 Å². The van der Waals surface area contributed by atoms with Gasteiger partial charge in [0, 0.05) is 18.3 Å². The number of rotatable bonds is 3. The minimum absolute atomic E-state index is 0.0295. The molecule has 3 heteroatoms. The van der Waals surface area contributed by atoms with Gasteiger partial charge in [-0.05, 0) is 6.07 Å². The van der Waals surface area contributed by atoms with Crippen LogP contribution in [0.25, 0.3) is 0 Å². The van der Waals surface area contributed by atoms with Gasteiger partial charge >= 0.3 is 0 Å². The maximum atomic E-state index is 11.6. The Morgan fingerprint density at radius 1 is 1.54 bits per heavy atom. The molecular formula is C10H13NO2. The topological polar surface area (TPSA) is 39.2 Å². The number of methoxy groups -OCH3 is 1. The lowest BCUT2D eigenvalue weighted by atomic mass is 10.0. The summed E-state index contributed by atoms with van der Waals surface area (Å²) in [6.07, 6.45) is 3.15. The van der Waals surface area contributed by atoms with Gasteiger partial charge in [-0.25, -0.2) is 0 Å². The van der Waals surface area contributed by atoms with E-state index in [-0.39, 0.29) is 11.7 Å². The van der Waals surface area contributed by atoms with Crippen molar-refractivity contribution in [3.05, 3.63) is 24.0 Å². The molecule has 70 valence electrons. The number of ether oxygens (including phenoxy) is 1. The third-order valence-electron chi connectivity index (χ3n) is 1.79. The van der Waals surface area contributed by atoms with Crippen LogP contribution in [0.15, 0.2) is 18.5 Å². The summed E-state index contributed by atoms with van der Waals surface area (Å²) in [7, 11) is 1.55. The largest absolute Gasteiger partial charge is 0.496 e. The first-order valence-electron chi connectivity index (χ1n) is 4.19. The van der Waals surface area contributed by atoms with E-state index < -0.39 is 0 Å². The van der Waals surface area contributed by atoms with E-state index in [2.05, 4.69) is 4.98 Å². The van der Waals surface area contributed by atoms with E-state index in [1.807, 2.05) is 13.8 Å². The number of pyridine rings is 1. The molecule has 0 spiro atoms. The standard InChI is InChI=1S/C10H13NO2/c1-7(2)10(12)8-6-11-5-4-9(8)13-3/h4-7H,1-3H3. The van der Waals surface area contributed by atoms with Crippen LogP contribution >= 0.6 is 0 Å². The molecule has 1 rings (SSSR count). The van der Waals surface area contributed by atoms with E-state index in [0.717, 1.165) is 0 Å². The van der Waals surface area contributed by atoms with Gasteiger partial charge in [0.2, 0.25) is 0 Å². The highest BCUT2D eigenvalue weighted by Crippen LogP contribution is 2.19. The van der Waals surface area contributed by atoms with Crippen molar-refractivity contribution in [2.24, 2.45) is 5.92 Å². The lowest BCUT2D eigenvalue weighted by molar-refractivity contribution is 0.0936. The number of ketones is 1. The van der Waals surface area contributed by atoms with Crippen molar-refractivity contribution < 1.29 is 9.53 Å². The molecule has 3 nitrogen and oxygen atoms in total. The van der Waals surface area contributed by atoms with Crippen LogP contribution in [0.1, 0.15) is 24.2 Å². The molecule has 0 N–H and O–H groups in total. The number of hydrogen-bond donors (Lipinski definition) is 0. The summed E-state index contributed by atoms with van der Waals surface area (Å²) in [4.78, 5) is 15.5. The van der Waals surface area contributed by atoms with Crippen molar-refractivity contribution in [2.75, 3.05) is 7.11 Å². The van der Waals surface area contributed by atoms with Gasteiger partial charge in [0.1, 0.15) is 5.75 Å². The molecule has 0 saturated carbocycles. The van der Waals surface area contributed by atoms with Crippen LogP contribution in [0.4, 0.5) is 0 Å². The summed E-state index contributed by atoms with van der Waals surface area (Å²) in [5.74, 6) is 0.622. The summed E-state index contributed by atoms with van der Waals surface area (Å²) >= 11 is 0. The van der Waals surface area contributed by atoms with Gasteiger partial charge in [-0.15, -0.1) is 0 Å². The van der Waals surface area contributed by atoms with Crippen LogP contribution in [0.2, 0.25) is 0 Å². The normalized spacial score (nSPS) is 10.2. The van der Waals surface area contributed by atoms with Gasteiger partial charge in [-0.1, -0.05) is 13.8 Å². The number of nitrogens with zero attached hydrogens (tertiary/aromatic N) is 1. The van der Waals surface area contributed by atoms with Crippen molar-refractivity contribution in [2.45, 2.75) is 13.8 Å². The van der Waals surface area contributed by atoms with Gasteiger partial charge < -0.3 is 4.74 Å². The minimum Gasteiger partial charge on any atom is -0.496 e. The molecule has 0 aliphatic heterocycles. The molecular weight excluding hydrogens is 166 g/mol. The summed E-state index contributed by atoms with van der Waals surface area (Å²) in [5, 5.41) is 0. The third kappa shape index (κ3) is 2.05. The average molecular weight is 179 g/mol. The van der Waals surface area contributed by atoms with E-state index in [1.54, 1.807) is 25.6 Å². The maximum Gasteiger partial charge on any atom is 0.170 e. The van der Waals surface area contributed by atoms with Crippen molar-refractivity contribution >= 4 is 5.78 Å². The fourth-order valence-electron chi connectivity index (χ4n) is 1.06. The third-order valence-corrected chi connectivity index (χ3v) is 1.79. The molecule has 0 saturated heterocycles. The second-order valence-corrected chi connectivity index (χ2v) is 3.09. The first kappa shape index (κ1) is 9.71. The van der Waals surface area contributed by atoms with Crippen LogP contribution in [-0.2, 0) is 0 Å². The predicted octanol–water partition coefficient (Wildman–Crippen LogP) is 1.93. The average Bonchev–Trinajstić information content (AvgIpc) is 2.16. The molecule has 1 heterocycles. The minimum atomic E-state index is -0.0295. The smallest absolute Gasteiger partial charge is 0.170 e.